The van der Waals surface area contributed by atoms with Gasteiger partial charge < -0.3 is 0 Å². The van der Waals surface area contributed by atoms with Crippen molar-refractivity contribution in [1.29, 1.82) is 0 Å². The molecule has 7 heteroatoms. The second kappa shape index (κ2) is 6.07. The van der Waals surface area contributed by atoms with E-state index in [9.17, 15) is 13.2 Å². The van der Waals surface area contributed by atoms with Gasteiger partial charge in [-0.05, 0) is 56.2 Å². The summed E-state index contributed by atoms with van der Waals surface area (Å²) in [6, 6.07) is 10.4. The number of hydrogen-bond acceptors (Lipinski definition) is 4. The van der Waals surface area contributed by atoms with Crippen LogP contribution < -0.4 is 9.60 Å². The fourth-order valence-corrected chi connectivity index (χ4v) is 4.78. The van der Waals surface area contributed by atoms with Crippen molar-refractivity contribution >= 4 is 37.3 Å². The standard InChI is InChI=1S/C17H18N2O3S2/c1-4-19-15-8-7-13(10-16(15)23-17(19)20)24(21,22)18-14-9-11(2)5-6-12(14)3/h5-10,18H,4H2,1-3H3. The van der Waals surface area contributed by atoms with Gasteiger partial charge in [0.15, 0.2) is 0 Å². The van der Waals surface area contributed by atoms with Crippen LogP contribution in [0.5, 0.6) is 0 Å². The molecule has 0 unspecified atom stereocenters. The van der Waals surface area contributed by atoms with Crippen molar-refractivity contribution in [1.82, 2.24) is 4.57 Å². The van der Waals surface area contributed by atoms with Crippen LogP contribution in [0, 0.1) is 13.8 Å². The lowest BCUT2D eigenvalue weighted by atomic mass is 10.1. The molecule has 0 spiro atoms. The Morgan fingerprint density at radius 2 is 1.88 bits per heavy atom. The van der Waals surface area contributed by atoms with E-state index in [1.165, 1.54) is 6.07 Å². The lowest BCUT2D eigenvalue weighted by Crippen LogP contribution is -2.14. The number of hydrogen-bond donors (Lipinski definition) is 1. The zero-order chi connectivity index (χ0) is 17.5. The third-order valence-corrected chi connectivity index (χ3v) is 6.21. The lowest BCUT2D eigenvalue weighted by Gasteiger charge is -2.11. The average Bonchev–Trinajstić information content (AvgIpc) is 2.84. The van der Waals surface area contributed by atoms with Gasteiger partial charge in [0.1, 0.15) is 0 Å². The molecule has 5 nitrogen and oxygen atoms in total. The maximum atomic E-state index is 12.7. The van der Waals surface area contributed by atoms with E-state index < -0.39 is 10.0 Å². The minimum Gasteiger partial charge on any atom is -0.299 e. The summed E-state index contributed by atoms with van der Waals surface area (Å²) in [5, 5.41) is 0. The van der Waals surface area contributed by atoms with Gasteiger partial charge in [-0.2, -0.15) is 0 Å². The van der Waals surface area contributed by atoms with Crippen LogP contribution in [0.25, 0.3) is 10.2 Å². The molecule has 0 saturated heterocycles. The smallest absolute Gasteiger partial charge is 0.299 e. The van der Waals surface area contributed by atoms with E-state index in [4.69, 9.17) is 0 Å². The molecule has 0 radical (unpaired) electrons. The predicted molar refractivity (Wildman–Crippen MR) is 98.5 cm³/mol. The van der Waals surface area contributed by atoms with E-state index in [0.717, 1.165) is 28.0 Å². The first-order valence-electron chi connectivity index (χ1n) is 7.55. The van der Waals surface area contributed by atoms with E-state index in [1.54, 1.807) is 22.8 Å². The highest BCUT2D eigenvalue weighted by Gasteiger charge is 2.17. The maximum Gasteiger partial charge on any atom is 0.308 e. The zero-order valence-electron chi connectivity index (χ0n) is 13.7. The molecular weight excluding hydrogens is 344 g/mol. The highest BCUT2D eigenvalue weighted by molar-refractivity contribution is 7.92. The Morgan fingerprint density at radius 3 is 2.58 bits per heavy atom. The molecule has 1 aromatic heterocycles. The van der Waals surface area contributed by atoms with Gasteiger partial charge in [0.2, 0.25) is 0 Å². The normalized spacial score (nSPS) is 11.8. The minimum absolute atomic E-state index is 0.0791. The van der Waals surface area contributed by atoms with E-state index in [-0.39, 0.29) is 9.77 Å². The van der Waals surface area contributed by atoms with Gasteiger partial charge in [0.05, 0.1) is 20.8 Å². The van der Waals surface area contributed by atoms with Crippen LogP contribution in [0.2, 0.25) is 0 Å². The highest BCUT2D eigenvalue weighted by Crippen LogP contribution is 2.25. The SMILES string of the molecule is CCn1c(=O)sc2cc(S(=O)(=O)Nc3cc(C)ccc3C)ccc21. The molecule has 0 aliphatic rings. The molecule has 3 rings (SSSR count). The van der Waals surface area contributed by atoms with Crippen molar-refractivity contribution < 1.29 is 8.42 Å². The first-order valence-corrected chi connectivity index (χ1v) is 9.85. The van der Waals surface area contributed by atoms with Crippen molar-refractivity contribution in [3.8, 4) is 0 Å². The number of fused-ring (bicyclic) bond motifs is 1. The fraction of sp³-hybridized carbons (Fsp3) is 0.235. The zero-order valence-corrected chi connectivity index (χ0v) is 15.3. The first-order chi connectivity index (χ1) is 11.3. The number of nitrogens with one attached hydrogen (secondary N) is 1. The third kappa shape index (κ3) is 2.97. The summed E-state index contributed by atoms with van der Waals surface area (Å²) in [7, 11) is -3.71. The monoisotopic (exact) mass is 362 g/mol. The highest BCUT2D eigenvalue weighted by atomic mass is 32.2. The van der Waals surface area contributed by atoms with E-state index in [0.29, 0.717) is 16.9 Å². The molecule has 0 amide bonds. The van der Waals surface area contributed by atoms with Gasteiger partial charge in [-0.15, -0.1) is 0 Å². The molecule has 0 aliphatic heterocycles. The maximum absolute atomic E-state index is 12.7. The summed E-state index contributed by atoms with van der Waals surface area (Å²) in [5.74, 6) is 0. The predicted octanol–water partition coefficient (Wildman–Crippen LogP) is 3.50. The Morgan fingerprint density at radius 1 is 1.12 bits per heavy atom. The van der Waals surface area contributed by atoms with Crippen LogP contribution in [-0.2, 0) is 16.6 Å². The molecule has 1 heterocycles. The van der Waals surface area contributed by atoms with Crippen LogP contribution in [0.15, 0.2) is 46.1 Å². The average molecular weight is 362 g/mol. The summed E-state index contributed by atoms with van der Waals surface area (Å²) in [4.78, 5) is 12.0. The number of nitrogens with zero attached hydrogens (tertiary/aromatic N) is 1. The lowest BCUT2D eigenvalue weighted by molar-refractivity contribution is 0.601. The van der Waals surface area contributed by atoms with Crippen LogP contribution in [-0.4, -0.2) is 13.0 Å². The number of aryl methyl sites for hydroxylation is 3. The van der Waals surface area contributed by atoms with E-state index >= 15 is 0 Å². The van der Waals surface area contributed by atoms with Gasteiger partial charge in [-0.3, -0.25) is 14.1 Å². The van der Waals surface area contributed by atoms with Gasteiger partial charge in [0, 0.05) is 6.54 Å². The third-order valence-electron chi connectivity index (χ3n) is 3.90. The Kier molecular flexibility index (Phi) is 4.23. The van der Waals surface area contributed by atoms with Crippen molar-refractivity contribution in [2.24, 2.45) is 0 Å². The van der Waals surface area contributed by atoms with Crippen LogP contribution >= 0.6 is 11.3 Å². The summed E-state index contributed by atoms with van der Waals surface area (Å²) in [6.07, 6.45) is 0. The summed E-state index contributed by atoms with van der Waals surface area (Å²) in [5.41, 5.74) is 3.16. The molecule has 126 valence electrons. The number of benzene rings is 2. The molecular formula is C17H18N2O3S2. The van der Waals surface area contributed by atoms with E-state index in [1.807, 2.05) is 32.9 Å². The largest absolute Gasteiger partial charge is 0.308 e. The van der Waals surface area contributed by atoms with Gasteiger partial charge in [-0.25, -0.2) is 8.42 Å². The second-order valence-corrected chi connectivity index (χ2v) is 8.34. The van der Waals surface area contributed by atoms with Crippen LogP contribution in [0.4, 0.5) is 5.69 Å². The Balaban J connectivity index is 2.05. The first kappa shape index (κ1) is 16.7. The molecule has 0 fully saturated rings. The number of thiazole rings is 1. The summed E-state index contributed by atoms with van der Waals surface area (Å²) < 4.78 is 30.3. The number of aromatic nitrogens is 1. The molecule has 0 atom stereocenters. The fourth-order valence-electron chi connectivity index (χ4n) is 2.56. The van der Waals surface area contributed by atoms with Crippen molar-refractivity contribution in [3.05, 3.63) is 57.2 Å². The van der Waals surface area contributed by atoms with Gasteiger partial charge in [0.25, 0.3) is 10.0 Å². The number of sulfonamides is 1. The van der Waals surface area contributed by atoms with Crippen LogP contribution in [0.1, 0.15) is 18.1 Å². The quantitative estimate of drug-likeness (QED) is 0.772. The van der Waals surface area contributed by atoms with Crippen LogP contribution in [0.3, 0.4) is 0 Å². The second-order valence-electron chi connectivity index (χ2n) is 5.67. The van der Waals surface area contributed by atoms with Crippen molar-refractivity contribution in [3.63, 3.8) is 0 Å². The Hall–Kier alpha value is -2.12. The molecule has 2 aromatic carbocycles. The van der Waals surface area contributed by atoms with E-state index in [2.05, 4.69) is 4.72 Å². The topological polar surface area (TPSA) is 68.2 Å². The summed E-state index contributed by atoms with van der Waals surface area (Å²) >= 11 is 1.06. The van der Waals surface area contributed by atoms with Gasteiger partial charge >= 0.3 is 4.87 Å². The Labute approximate surface area is 144 Å². The number of anilines is 1. The Bertz CT molecular complexity index is 1080. The van der Waals surface area contributed by atoms with Crippen molar-refractivity contribution in [2.45, 2.75) is 32.2 Å². The molecule has 0 aliphatic carbocycles. The molecule has 0 saturated carbocycles. The van der Waals surface area contributed by atoms with Gasteiger partial charge in [-0.1, -0.05) is 23.5 Å². The summed E-state index contributed by atoms with van der Waals surface area (Å²) in [6.45, 7) is 6.22. The minimum atomic E-state index is -3.71. The number of rotatable bonds is 4. The molecule has 1 N–H and O–H groups in total. The van der Waals surface area contributed by atoms with Crippen molar-refractivity contribution in [2.75, 3.05) is 4.72 Å². The molecule has 24 heavy (non-hydrogen) atoms. The molecule has 0 bridgehead atoms. The molecule has 3 aromatic rings.